The van der Waals surface area contributed by atoms with Crippen molar-refractivity contribution in [2.75, 3.05) is 15.1 Å². The average Bonchev–Trinajstić information content (AvgIpc) is 3.27. The number of carbonyl (C=O) groups is 2. The molecule has 2 aromatic carbocycles. The number of hydrogen-bond donors (Lipinski definition) is 1. The van der Waals surface area contributed by atoms with E-state index in [1.165, 1.54) is 24.3 Å². The van der Waals surface area contributed by atoms with Crippen LogP contribution in [0.2, 0.25) is 0 Å². The normalized spacial score (nSPS) is 17.8. The van der Waals surface area contributed by atoms with E-state index < -0.39 is 38.9 Å². The van der Waals surface area contributed by atoms with Crippen LogP contribution in [0.3, 0.4) is 0 Å². The minimum atomic E-state index is -2.36. The molecule has 0 saturated carbocycles. The summed E-state index contributed by atoms with van der Waals surface area (Å²) in [6.07, 6.45) is 1.65. The zero-order valence-electron chi connectivity index (χ0n) is 24.5. The summed E-state index contributed by atoms with van der Waals surface area (Å²) in [5.74, 6) is -2.73. The highest BCUT2D eigenvalue weighted by Gasteiger charge is 2.60. The van der Waals surface area contributed by atoms with Crippen molar-refractivity contribution in [3.05, 3.63) is 90.3 Å². The highest BCUT2D eigenvalue weighted by atomic mass is 19.1. The lowest BCUT2D eigenvalue weighted by molar-refractivity contribution is -0.112. The number of aromatic nitrogens is 3. The highest BCUT2D eigenvalue weighted by molar-refractivity contribution is 6.64. The molecule has 5 rings (SSSR count). The lowest BCUT2D eigenvalue weighted by Gasteiger charge is -2.76. The minimum Gasteiger partial charge on any atom is -0.393 e. The molecular weight excluding hydrogens is 558 g/mol. The van der Waals surface area contributed by atoms with Crippen LogP contribution in [0.5, 0.6) is 0 Å². The molecule has 0 atom stereocenters. The largest absolute Gasteiger partial charge is 0.393 e. The predicted octanol–water partition coefficient (Wildman–Crippen LogP) is 0.0408. The van der Waals surface area contributed by atoms with Crippen LogP contribution in [0.1, 0.15) is 16.2 Å². The monoisotopic (exact) mass is 578 g/mol. The molecule has 3 heterocycles. The van der Waals surface area contributed by atoms with Crippen LogP contribution in [0, 0.1) is 12.7 Å². The fraction of sp³-hybridized carbons (Fsp3) is 0.214. The maximum absolute atomic E-state index is 13.6. The molecule has 45 heavy (non-hydrogen) atoms. The molecule has 1 aliphatic rings. The van der Waals surface area contributed by atoms with Gasteiger partial charge in [-0.05, 0) is 64.2 Å². The van der Waals surface area contributed by atoms with Gasteiger partial charge in [0.25, 0.3) is 11.7 Å². The average molecular weight is 577 g/mol. The maximum atomic E-state index is 13.6. The third-order valence-electron chi connectivity index (χ3n) is 7.93. The Morgan fingerprint density at radius 3 is 1.82 bits per heavy atom. The minimum absolute atomic E-state index is 0.138. The van der Waals surface area contributed by atoms with E-state index in [9.17, 15) is 14.0 Å². The van der Waals surface area contributed by atoms with E-state index in [4.69, 9.17) is 62.8 Å². The molecule has 0 bridgehead atoms. The van der Waals surface area contributed by atoms with E-state index in [1.54, 1.807) is 11.6 Å². The number of piperazine rings is 1. The fourth-order valence-corrected chi connectivity index (χ4v) is 5.34. The number of benzene rings is 2. The van der Waals surface area contributed by atoms with Crippen molar-refractivity contribution < 1.29 is 14.0 Å². The predicted molar refractivity (Wildman–Crippen MR) is 179 cm³/mol. The third kappa shape index (κ3) is 5.14. The van der Waals surface area contributed by atoms with Crippen molar-refractivity contribution in [1.82, 2.24) is 14.5 Å². The first-order valence-corrected chi connectivity index (χ1v) is 13.5. The number of anilines is 3. The SMILES string of the molecule is [B]C1([B])N(c2ccc(NC(=O)C(=O)c3c(-c4ccccc4)cc(C)n3C)cc2)C([B])([B])C([B])([B])N(c2ncc(F)cn2)C1([B])[B]. The number of hydrogen-bond acceptors (Lipinski definition) is 6. The van der Waals surface area contributed by atoms with Crippen molar-refractivity contribution in [2.45, 2.75) is 28.3 Å². The number of carbonyl (C=O) groups excluding carboxylic acids is 2. The molecule has 17 heteroatoms. The van der Waals surface area contributed by atoms with Gasteiger partial charge in [0.15, 0.2) is 5.82 Å². The Labute approximate surface area is 271 Å². The molecule has 1 amide bonds. The van der Waals surface area contributed by atoms with Gasteiger partial charge in [0.2, 0.25) is 5.95 Å². The molecule has 1 N–H and O–H groups in total. The van der Waals surface area contributed by atoms with E-state index in [-0.39, 0.29) is 23.0 Å². The second-order valence-corrected chi connectivity index (χ2v) is 11.0. The van der Waals surface area contributed by atoms with E-state index >= 15 is 0 Å². The Balaban J connectivity index is 1.44. The summed E-state index contributed by atoms with van der Waals surface area (Å²) >= 11 is 0. The van der Waals surface area contributed by atoms with Gasteiger partial charge in [0.05, 0.1) is 75.2 Å². The number of amides is 1. The van der Waals surface area contributed by atoms with Crippen molar-refractivity contribution in [1.29, 1.82) is 0 Å². The van der Waals surface area contributed by atoms with E-state index in [1.807, 2.05) is 43.3 Å². The molecule has 1 saturated heterocycles. The van der Waals surface area contributed by atoms with Gasteiger partial charge in [-0.1, -0.05) is 30.3 Å². The summed E-state index contributed by atoms with van der Waals surface area (Å²) in [6.45, 7) is 1.84. The first-order valence-electron chi connectivity index (χ1n) is 13.5. The molecule has 0 unspecified atom stereocenters. The summed E-state index contributed by atoms with van der Waals surface area (Å²) in [4.78, 5) is 36.0. The first kappa shape index (κ1) is 32.4. The molecule has 0 aliphatic carbocycles. The molecule has 1 aliphatic heterocycles. The lowest BCUT2D eigenvalue weighted by Crippen LogP contribution is -2.93. The van der Waals surface area contributed by atoms with E-state index in [2.05, 4.69) is 15.3 Å². The fourth-order valence-electron chi connectivity index (χ4n) is 5.34. The van der Waals surface area contributed by atoms with Crippen molar-refractivity contribution in [3.63, 3.8) is 0 Å². The molecular formula is C28H19B8FN6O2. The van der Waals surface area contributed by atoms with Crippen LogP contribution in [-0.4, -0.2) is 110 Å². The summed E-state index contributed by atoms with van der Waals surface area (Å²) in [6, 6.07) is 16.9. The first-order chi connectivity index (χ1) is 20.9. The standard InChI is InChI=1S/C28H19B8FN6O2/c1-15-12-20(16-6-4-3-5-7-16)21(41(15)2)22(44)23(45)40-18-8-10-19(11-9-18)42-25(29,30)27(33,34)43(28(35,36)26(42,31)32)24-38-13-17(37)14-39-24/h3-14H,1-2H3,(H,40,45). The van der Waals surface area contributed by atoms with Crippen LogP contribution >= 0.6 is 0 Å². The zero-order valence-corrected chi connectivity index (χ0v) is 24.5. The Morgan fingerprint density at radius 2 is 1.29 bits per heavy atom. The van der Waals surface area contributed by atoms with Gasteiger partial charge < -0.3 is 19.7 Å². The van der Waals surface area contributed by atoms with Gasteiger partial charge in [0, 0.05) is 29.7 Å². The second-order valence-electron chi connectivity index (χ2n) is 11.0. The summed E-state index contributed by atoms with van der Waals surface area (Å²) in [7, 11) is 53.3. The molecule has 8 nitrogen and oxygen atoms in total. The molecule has 2 aromatic heterocycles. The van der Waals surface area contributed by atoms with Crippen LogP contribution < -0.4 is 15.1 Å². The van der Waals surface area contributed by atoms with Crippen LogP contribution in [0.25, 0.3) is 11.1 Å². The van der Waals surface area contributed by atoms with Crippen LogP contribution in [0.15, 0.2) is 73.1 Å². The number of Topliss-reactive ketones (excluding diaryl/α,β-unsaturated/α-hetero) is 1. The number of ketones is 1. The summed E-state index contributed by atoms with van der Waals surface area (Å²) in [5, 5.41) is -6.78. The Hall–Kier alpha value is -4.01. The smallest absolute Gasteiger partial charge is 0.298 e. The van der Waals surface area contributed by atoms with Crippen LogP contribution in [0.4, 0.5) is 21.7 Å². The number of aryl methyl sites for hydroxylation is 1. The third-order valence-corrected chi connectivity index (χ3v) is 7.93. The summed E-state index contributed by atoms with van der Waals surface area (Å²) in [5.41, 5.74) is 2.82. The highest BCUT2D eigenvalue weighted by Crippen LogP contribution is 2.46. The van der Waals surface area contributed by atoms with Gasteiger partial charge in [-0.25, -0.2) is 14.4 Å². The lowest BCUT2D eigenvalue weighted by atomic mass is 9.26. The topological polar surface area (TPSA) is 83.4 Å². The van der Waals surface area contributed by atoms with Gasteiger partial charge in [-0.2, -0.15) is 0 Å². The van der Waals surface area contributed by atoms with Gasteiger partial charge in [-0.3, -0.25) is 9.59 Å². The number of nitrogens with zero attached hydrogens (tertiary/aromatic N) is 5. The molecule has 16 radical (unpaired) electrons. The second kappa shape index (κ2) is 11.1. The van der Waals surface area contributed by atoms with Crippen molar-refractivity contribution >= 4 is 91.8 Å². The molecule has 4 aromatic rings. The number of rotatable bonds is 6. The summed E-state index contributed by atoms with van der Waals surface area (Å²) < 4.78 is 15.2. The number of halogens is 1. The number of nitrogens with one attached hydrogen (secondary N) is 1. The van der Waals surface area contributed by atoms with Crippen molar-refractivity contribution in [2.24, 2.45) is 7.05 Å². The quantitative estimate of drug-likeness (QED) is 0.198. The maximum Gasteiger partial charge on any atom is 0.298 e. The van der Waals surface area contributed by atoms with E-state index in [0.29, 0.717) is 5.56 Å². The van der Waals surface area contributed by atoms with Crippen LogP contribution in [-0.2, 0) is 11.8 Å². The van der Waals surface area contributed by atoms with Gasteiger partial charge in [-0.15, -0.1) is 0 Å². The van der Waals surface area contributed by atoms with E-state index in [0.717, 1.165) is 33.5 Å². The Bertz CT molecular complexity index is 1740. The Kier molecular flexibility index (Phi) is 7.99. The molecule has 204 valence electrons. The zero-order chi connectivity index (χ0) is 33.1. The van der Waals surface area contributed by atoms with Gasteiger partial charge in [0.1, 0.15) is 5.69 Å². The molecule has 1 fully saturated rings. The van der Waals surface area contributed by atoms with Gasteiger partial charge >= 0.3 is 0 Å². The van der Waals surface area contributed by atoms with Crippen molar-refractivity contribution in [3.8, 4) is 11.1 Å². The molecule has 0 spiro atoms. The Morgan fingerprint density at radius 1 is 0.778 bits per heavy atom.